The van der Waals surface area contributed by atoms with Crippen LogP contribution in [0.15, 0.2) is 16.8 Å². The Kier molecular flexibility index (Phi) is 4.18. The van der Waals surface area contributed by atoms with Crippen molar-refractivity contribution in [3.05, 3.63) is 22.4 Å². The van der Waals surface area contributed by atoms with E-state index in [9.17, 15) is 0 Å². The lowest BCUT2D eigenvalue weighted by Crippen LogP contribution is -2.36. The normalized spacial score (nSPS) is 23.9. The molecule has 1 saturated heterocycles. The summed E-state index contributed by atoms with van der Waals surface area (Å²) in [6.07, 6.45) is 2.51. The van der Waals surface area contributed by atoms with E-state index < -0.39 is 0 Å². The Morgan fingerprint density at radius 1 is 1.60 bits per heavy atom. The second kappa shape index (κ2) is 5.64. The lowest BCUT2D eigenvalue weighted by molar-refractivity contribution is 0.258. The minimum absolute atomic E-state index is 0.686. The van der Waals surface area contributed by atoms with Crippen molar-refractivity contribution in [3.8, 4) is 0 Å². The summed E-state index contributed by atoms with van der Waals surface area (Å²) < 4.78 is 0. The number of nitrogens with one attached hydrogen (secondary N) is 1. The Bertz CT molecular complexity index is 271. The second-order valence-corrected chi connectivity index (χ2v) is 5.06. The highest BCUT2D eigenvalue weighted by Crippen LogP contribution is 2.12. The van der Waals surface area contributed by atoms with Gasteiger partial charge < -0.3 is 5.32 Å². The monoisotopic (exact) mass is 224 g/mol. The molecule has 0 amide bonds. The summed E-state index contributed by atoms with van der Waals surface area (Å²) in [5, 5.41) is 8.03. The van der Waals surface area contributed by atoms with E-state index in [0.717, 1.165) is 6.54 Å². The summed E-state index contributed by atoms with van der Waals surface area (Å²) in [5.74, 6) is 0. The van der Waals surface area contributed by atoms with E-state index in [0.29, 0.717) is 6.04 Å². The second-order valence-electron chi connectivity index (χ2n) is 4.28. The molecule has 0 aliphatic carbocycles. The van der Waals surface area contributed by atoms with E-state index in [1.54, 1.807) is 11.3 Å². The molecular weight excluding hydrogens is 204 g/mol. The fourth-order valence-electron chi connectivity index (χ4n) is 2.13. The zero-order valence-corrected chi connectivity index (χ0v) is 10.2. The molecular formula is C12H20N2S. The topological polar surface area (TPSA) is 15.3 Å². The number of nitrogens with zero attached hydrogens (tertiary/aromatic N) is 1. The van der Waals surface area contributed by atoms with Crippen LogP contribution in [0.5, 0.6) is 0 Å². The molecule has 2 nitrogen and oxygen atoms in total. The van der Waals surface area contributed by atoms with E-state index in [-0.39, 0.29) is 0 Å². The lowest BCUT2D eigenvalue weighted by atomic mass is 10.2. The molecule has 2 rings (SSSR count). The molecule has 1 aromatic rings. The lowest BCUT2D eigenvalue weighted by Gasteiger charge is -2.23. The van der Waals surface area contributed by atoms with Crippen molar-refractivity contribution < 1.29 is 0 Å². The number of thiophene rings is 1. The van der Waals surface area contributed by atoms with Crippen molar-refractivity contribution >= 4 is 11.3 Å². The van der Waals surface area contributed by atoms with Crippen molar-refractivity contribution in [3.63, 3.8) is 0 Å². The summed E-state index contributed by atoms with van der Waals surface area (Å²) in [6.45, 7) is 7.01. The summed E-state index contributed by atoms with van der Waals surface area (Å²) >= 11 is 1.80. The molecule has 84 valence electrons. The molecule has 3 heteroatoms. The van der Waals surface area contributed by atoms with Crippen molar-refractivity contribution in [2.45, 2.75) is 32.4 Å². The van der Waals surface area contributed by atoms with E-state index >= 15 is 0 Å². The Morgan fingerprint density at radius 3 is 3.27 bits per heavy atom. The summed E-state index contributed by atoms with van der Waals surface area (Å²) in [4.78, 5) is 2.58. The van der Waals surface area contributed by atoms with Gasteiger partial charge in [-0.3, -0.25) is 4.90 Å². The van der Waals surface area contributed by atoms with Crippen molar-refractivity contribution in [1.29, 1.82) is 0 Å². The van der Waals surface area contributed by atoms with Crippen LogP contribution in [-0.2, 0) is 6.54 Å². The van der Waals surface area contributed by atoms with E-state index in [1.165, 1.54) is 38.0 Å². The van der Waals surface area contributed by atoms with Crippen LogP contribution in [0.4, 0.5) is 0 Å². The van der Waals surface area contributed by atoms with Gasteiger partial charge in [0, 0.05) is 19.1 Å². The average molecular weight is 224 g/mol. The predicted molar refractivity (Wildman–Crippen MR) is 66.3 cm³/mol. The predicted octanol–water partition coefficient (Wildman–Crippen LogP) is 2.32. The van der Waals surface area contributed by atoms with Gasteiger partial charge in [-0.05, 0) is 48.3 Å². The third-order valence-electron chi connectivity index (χ3n) is 3.04. The zero-order valence-electron chi connectivity index (χ0n) is 9.41. The number of hydrogen-bond donors (Lipinski definition) is 1. The van der Waals surface area contributed by atoms with Gasteiger partial charge in [-0.2, -0.15) is 11.3 Å². The molecule has 0 spiro atoms. The Balaban J connectivity index is 1.90. The van der Waals surface area contributed by atoms with Gasteiger partial charge in [0.05, 0.1) is 0 Å². The van der Waals surface area contributed by atoms with Crippen LogP contribution in [0.25, 0.3) is 0 Å². The first-order valence-electron chi connectivity index (χ1n) is 5.85. The largest absolute Gasteiger partial charge is 0.313 e. The quantitative estimate of drug-likeness (QED) is 0.847. The molecule has 2 heterocycles. The van der Waals surface area contributed by atoms with E-state index in [4.69, 9.17) is 0 Å². The minimum atomic E-state index is 0.686. The molecule has 15 heavy (non-hydrogen) atoms. The summed E-state index contributed by atoms with van der Waals surface area (Å²) in [6, 6.07) is 2.93. The first-order valence-corrected chi connectivity index (χ1v) is 6.79. The Labute approximate surface area is 96.3 Å². The van der Waals surface area contributed by atoms with Crippen LogP contribution in [0.1, 0.15) is 25.3 Å². The van der Waals surface area contributed by atoms with Gasteiger partial charge in [-0.25, -0.2) is 0 Å². The van der Waals surface area contributed by atoms with Crippen LogP contribution >= 0.6 is 11.3 Å². The van der Waals surface area contributed by atoms with Crippen molar-refractivity contribution in [2.75, 3.05) is 19.6 Å². The third kappa shape index (κ3) is 3.30. The van der Waals surface area contributed by atoms with Gasteiger partial charge in [-0.1, -0.05) is 6.92 Å². The van der Waals surface area contributed by atoms with Gasteiger partial charge in [0.15, 0.2) is 0 Å². The van der Waals surface area contributed by atoms with E-state index in [2.05, 4.69) is 34.0 Å². The highest BCUT2D eigenvalue weighted by atomic mass is 32.1. The molecule has 1 aromatic heterocycles. The Morgan fingerprint density at radius 2 is 2.53 bits per heavy atom. The van der Waals surface area contributed by atoms with Gasteiger partial charge in [0.2, 0.25) is 0 Å². The maximum absolute atomic E-state index is 3.60. The SMILES string of the molecule is CCC1CN(Cc2ccsc2)CCCN1. The average Bonchev–Trinajstić information content (AvgIpc) is 2.64. The van der Waals surface area contributed by atoms with Gasteiger partial charge >= 0.3 is 0 Å². The van der Waals surface area contributed by atoms with Gasteiger partial charge in [0.25, 0.3) is 0 Å². The van der Waals surface area contributed by atoms with Crippen LogP contribution in [0, 0.1) is 0 Å². The van der Waals surface area contributed by atoms with Crippen LogP contribution in [0.2, 0.25) is 0 Å². The van der Waals surface area contributed by atoms with E-state index in [1.807, 2.05) is 0 Å². The standard InChI is InChI=1S/C12H20N2S/c1-2-12-9-14(6-3-5-13-12)8-11-4-7-15-10-11/h4,7,10,12-13H,2-3,5-6,8-9H2,1H3. The number of hydrogen-bond acceptors (Lipinski definition) is 3. The maximum atomic E-state index is 3.60. The first kappa shape index (κ1) is 11.1. The molecule has 1 fully saturated rings. The van der Waals surface area contributed by atoms with Crippen LogP contribution in [0.3, 0.4) is 0 Å². The van der Waals surface area contributed by atoms with Crippen LogP contribution < -0.4 is 5.32 Å². The van der Waals surface area contributed by atoms with Crippen molar-refractivity contribution in [1.82, 2.24) is 10.2 Å². The van der Waals surface area contributed by atoms with Gasteiger partial charge in [0.1, 0.15) is 0 Å². The van der Waals surface area contributed by atoms with Gasteiger partial charge in [-0.15, -0.1) is 0 Å². The molecule has 1 unspecified atom stereocenters. The third-order valence-corrected chi connectivity index (χ3v) is 3.77. The number of rotatable bonds is 3. The molecule has 1 N–H and O–H groups in total. The molecule has 1 aliphatic heterocycles. The first-order chi connectivity index (χ1) is 7.38. The highest BCUT2D eigenvalue weighted by Gasteiger charge is 2.15. The fraction of sp³-hybridized carbons (Fsp3) is 0.667. The molecule has 0 saturated carbocycles. The molecule has 1 atom stereocenters. The molecule has 0 radical (unpaired) electrons. The van der Waals surface area contributed by atoms with Crippen LogP contribution in [-0.4, -0.2) is 30.6 Å². The fourth-order valence-corrected chi connectivity index (χ4v) is 2.79. The minimum Gasteiger partial charge on any atom is -0.313 e. The Hall–Kier alpha value is -0.380. The molecule has 0 bridgehead atoms. The molecule has 0 aromatic carbocycles. The summed E-state index contributed by atoms with van der Waals surface area (Å²) in [5.41, 5.74) is 1.47. The highest BCUT2D eigenvalue weighted by molar-refractivity contribution is 7.07. The van der Waals surface area contributed by atoms with Crippen molar-refractivity contribution in [2.24, 2.45) is 0 Å². The summed E-state index contributed by atoms with van der Waals surface area (Å²) in [7, 11) is 0. The maximum Gasteiger partial charge on any atom is 0.0242 e. The smallest absolute Gasteiger partial charge is 0.0242 e. The molecule has 1 aliphatic rings. The zero-order chi connectivity index (χ0) is 10.5.